The number of rotatable bonds is 7. The van der Waals surface area contributed by atoms with Crippen LogP contribution < -0.4 is 10.1 Å². The van der Waals surface area contributed by atoms with Crippen molar-refractivity contribution in [2.45, 2.75) is 45.5 Å². The van der Waals surface area contributed by atoms with E-state index in [0.717, 1.165) is 24.1 Å². The fraction of sp³-hybridized carbons (Fsp3) is 0.600. The second kappa shape index (κ2) is 7.66. The van der Waals surface area contributed by atoms with Crippen LogP contribution in [0.25, 0.3) is 0 Å². The van der Waals surface area contributed by atoms with E-state index in [-0.39, 0.29) is 6.04 Å². The van der Waals surface area contributed by atoms with Crippen LogP contribution in [0.4, 0.5) is 13.2 Å². The summed E-state index contributed by atoms with van der Waals surface area (Å²) in [6.45, 7) is 5.87. The molecule has 1 aromatic carbocycles. The highest BCUT2D eigenvalue weighted by Gasteiger charge is 2.38. The number of hydrogen-bond acceptors (Lipinski definition) is 3. The lowest BCUT2D eigenvalue weighted by Gasteiger charge is -2.21. The molecule has 3 nitrogen and oxygen atoms in total. The number of aliphatic hydroxyl groups is 1. The molecule has 120 valence electrons. The third-order valence-electron chi connectivity index (χ3n) is 3.11. The first-order chi connectivity index (χ1) is 9.75. The first-order valence-corrected chi connectivity index (χ1v) is 6.97. The molecule has 0 aliphatic carbocycles. The van der Waals surface area contributed by atoms with Gasteiger partial charge in [0.1, 0.15) is 12.4 Å². The van der Waals surface area contributed by atoms with Crippen molar-refractivity contribution in [2.24, 2.45) is 0 Å². The van der Waals surface area contributed by atoms with Gasteiger partial charge in [-0.2, -0.15) is 13.2 Å². The fourth-order valence-corrected chi connectivity index (χ4v) is 1.87. The third kappa shape index (κ3) is 5.55. The highest BCUT2D eigenvalue weighted by atomic mass is 19.4. The van der Waals surface area contributed by atoms with E-state index in [0.29, 0.717) is 5.75 Å². The molecule has 0 saturated heterocycles. The molecule has 0 amide bonds. The van der Waals surface area contributed by atoms with Crippen molar-refractivity contribution in [3.63, 3.8) is 0 Å². The molecule has 2 N–H and O–H groups in total. The molecular formula is C15H22F3NO2. The number of hydrogen-bond donors (Lipinski definition) is 2. The SMILES string of the molecule is CCCNC(C)c1cc(C)ccc1OCC(O)C(F)(F)F. The average Bonchev–Trinajstić information content (AvgIpc) is 2.41. The Kier molecular flexibility index (Phi) is 6.48. The Labute approximate surface area is 123 Å². The number of ether oxygens (including phenoxy) is 1. The van der Waals surface area contributed by atoms with Crippen LogP contribution in [0.15, 0.2) is 18.2 Å². The van der Waals surface area contributed by atoms with Crippen LogP contribution in [-0.4, -0.2) is 30.5 Å². The van der Waals surface area contributed by atoms with Gasteiger partial charge in [-0.3, -0.25) is 0 Å². The molecule has 21 heavy (non-hydrogen) atoms. The zero-order valence-corrected chi connectivity index (χ0v) is 12.5. The minimum Gasteiger partial charge on any atom is -0.490 e. The van der Waals surface area contributed by atoms with E-state index in [2.05, 4.69) is 5.32 Å². The van der Waals surface area contributed by atoms with E-state index in [1.807, 2.05) is 26.8 Å². The van der Waals surface area contributed by atoms with Gasteiger partial charge in [-0.05, 0) is 32.9 Å². The molecule has 0 aromatic heterocycles. The molecule has 0 heterocycles. The first-order valence-electron chi connectivity index (χ1n) is 6.97. The van der Waals surface area contributed by atoms with E-state index in [9.17, 15) is 13.2 Å². The number of aliphatic hydroxyl groups excluding tert-OH is 1. The standard InChI is InChI=1S/C15H22F3NO2/c1-4-7-19-11(3)12-8-10(2)5-6-13(12)21-9-14(20)15(16,17)18/h5-6,8,11,14,19-20H,4,7,9H2,1-3H3. The Morgan fingerprint density at radius 2 is 2.00 bits per heavy atom. The molecule has 0 radical (unpaired) electrons. The van der Waals surface area contributed by atoms with Crippen molar-refractivity contribution in [2.75, 3.05) is 13.2 Å². The van der Waals surface area contributed by atoms with E-state index < -0.39 is 18.9 Å². The Morgan fingerprint density at radius 3 is 2.57 bits per heavy atom. The second-order valence-electron chi connectivity index (χ2n) is 5.09. The summed E-state index contributed by atoms with van der Waals surface area (Å²) < 4.78 is 42.1. The normalized spacial score (nSPS) is 14.8. The number of halogens is 3. The summed E-state index contributed by atoms with van der Waals surface area (Å²) >= 11 is 0. The zero-order chi connectivity index (χ0) is 16.0. The van der Waals surface area contributed by atoms with Crippen molar-refractivity contribution < 1.29 is 23.0 Å². The molecule has 2 atom stereocenters. The number of benzene rings is 1. The van der Waals surface area contributed by atoms with Crippen LogP contribution in [-0.2, 0) is 0 Å². The zero-order valence-electron chi connectivity index (χ0n) is 12.5. The average molecular weight is 305 g/mol. The summed E-state index contributed by atoms with van der Waals surface area (Å²) in [5.74, 6) is 0.361. The van der Waals surface area contributed by atoms with E-state index in [1.165, 1.54) is 0 Å². The summed E-state index contributed by atoms with van der Waals surface area (Å²) in [6, 6.07) is 5.24. The minimum atomic E-state index is -4.67. The van der Waals surface area contributed by atoms with Gasteiger partial charge in [0, 0.05) is 11.6 Å². The molecule has 1 rings (SSSR count). The van der Waals surface area contributed by atoms with Crippen LogP contribution >= 0.6 is 0 Å². The van der Waals surface area contributed by atoms with Crippen LogP contribution in [0.2, 0.25) is 0 Å². The lowest BCUT2D eigenvalue weighted by atomic mass is 10.0. The van der Waals surface area contributed by atoms with Gasteiger partial charge >= 0.3 is 6.18 Å². The summed E-state index contributed by atoms with van der Waals surface area (Å²) in [7, 11) is 0. The maximum absolute atomic E-state index is 12.3. The maximum atomic E-state index is 12.3. The fourth-order valence-electron chi connectivity index (χ4n) is 1.87. The molecule has 0 saturated carbocycles. The molecule has 2 unspecified atom stereocenters. The van der Waals surface area contributed by atoms with Crippen molar-refractivity contribution in [1.29, 1.82) is 0 Å². The molecule has 0 spiro atoms. The summed E-state index contributed by atoms with van der Waals surface area (Å²) in [4.78, 5) is 0. The van der Waals surface area contributed by atoms with Crippen molar-refractivity contribution in [1.82, 2.24) is 5.32 Å². The predicted octanol–water partition coefficient (Wildman–Crippen LogP) is 3.36. The quantitative estimate of drug-likeness (QED) is 0.811. The smallest absolute Gasteiger partial charge is 0.417 e. The minimum absolute atomic E-state index is 0.0390. The van der Waals surface area contributed by atoms with Gasteiger partial charge in [0.05, 0.1) is 0 Å². The largest absolute Gasteiger partial charge is 0.490 e. The van der Waals surface area contributed by atoms with Crippen LogP contribution in [0.5, 0.6) is 5.75 Å². The van der Waals surface area contributed by atoms with Gasteiger partial charge in [-0.1, -0.05) is 24.6 Å². The highest BCUT2D eigenvalue weighted by molar-refractivity contribution is 5.39. The van der Waals surface area contributed by atoms with Gasteiger partial charge in [0.15, 0.2) is 6.10 Å². The molecule has 6 heteroatoms. The van der Waals surface area contributed by atoms with Gasteiger partial charge in [0.25, 0.3) is 0 Å². The molecule has 0 aliphatic rings. The van der Waals surface area contributed by atoms with Crippen molar-refractivity contribution in [3.05, 3.63) is 29.3 Å². The highest BCUT2D eigenvalue weighted by Crippen LogP contribution is 2.28. The Hall–Kier alpha value is -1.27. The Balaban J connectivity index is 2.82. The van der Waals surface area contributed by atoms with Gasteiger partial charge in [0.2, 0.25) is 0 Å². The van der Waals surface area contributed by atoms with Crippen LogP contribution in [0.1, 0.15) is 37.4 Å². The van der Waals surface area contributed by atoms with Crippen LogP contribution in [0.3, 0.4) is 0 Å². The van der Waals surface area contributed by atoms with E-state index in [4.69, 9.17) is 9.84 Å². The topological polar surface area (TPSA) is 41.5 Å². The number of aryl methyl sites for hydroxylation is 1. The second-order valence-corrected chi connectivity index (χ2v) is 5.09. The molecule has 0 aliphatic heterocycles. The first kappa shape index (κ1) is 17.8. The Morgan fingerprint density at radius 1 is 1.33 bits per heavy atom. The lowest BCUT2D eigenvalue weighted by Crippen LogP contribution is -2.34. The molecule has 0 fully saturated rings. The van der Waals surface area contributed by atoms with Crippen molar-refractivity contribution >= 4 is 0 Å². The number of nitrogens with one attached hydrogen (secondary N) is 1. The number of alkyl halides is 3. The third-order valence-corrected chi connectivity index (χ3v) is 3.11. The van der Waals surface area contributed by atoms with Gasteiger partial charge in [-0.25, -0.2) is 0 Å². The summed E-state index contributed by atoms with van der Waals surface area (Å²) in [6.07, 6.45) is -6.19. The predicted molar refractivity (Wildman–Crippen MR) is 75.4 cm³/mol. The molecular weight excluding hydrogens is 283 g/mol. The summed E-state index contributed by atoms with van der Waals surface area (Å²) in [5, 5.41) is 12.3. The van der Waals surface area contributed by atoms with E-state index >= 15 is 0 Å². The summed E-state index contributed by atoms with van der Waals surface area (Å²) in [5.41, 5.74) is 1.79. The lowest BCUT2D eigenvalue weighted by molar-refractivity contribution is -0.210. The van der Waals surface area contributed by atoms with Crippen molar-refractivity contribution in [3.8, 4) is 5.75 Å². The van der Waals surface area contributed by atoms with E-state index in [1.54, 1.807) is 12.1 Å². The molecule has 1 aromatic rings. The Bertz CT molecular complexity index is 449. The van der Waals surface area contributed by atoms with Gasteiger partial charge < -0.3 is 15.2 Å². The molecule has 0 bridgehead atoms. The monoisotopic (exact) mass is 305 g/mol. The van der Waals surface area contributed by atoms with Gasteiger partial charge in [-0.15, -0.1) is 0 Å². The van der Waals surface area contributed by atoms with Crippen LogP contribution in [0, 0.1) is 6.92 Å². The maximum Gasteiger partial charge on any atom is 0.417 e.